The lowest BCUT2D eigenvalue weighted by Crippen LogP contribution is -1.95. The summed E-state index contributed by atoms with van der Waals surface area (Å²) < 4.78 is 33.4. The SMILES string of the molecule is c1ccc(-c2c3c4cccc5c6c7c(ccc6n(c3c(-c3ccccc3)c3c6cccc8c9c%10c(ccc9n(c23)c68)c2ccccc2n%10-c2ccc3oc6ccccc6c3c2)c45)c2ccccc2n7-c2ccc3oc4ccccc4c3c2)cc1.c1ccc2c(c1)c1cccc3c4ccc5c(c6cccc7c8cc9c(cc8n5c76)c5cccc6c7c(ccc8c%10cccc%11c%12ccccc%12n(c%11%10)c87)n9c56)c4n2c13. The maximum atomic E-state index is 6.41. The quantitative estimate of drug-likeness (QED) is 0.176. The van der Waals surface area contributed by atoms with Crippen molar-refractivity contribution in [3.8, 4) is 33.6 Å². The Kier molecular flexibility index (Phi) is 12.7. The average molecular weight is 1800 g/mol. The molecule has 0 aliphatic carbocycles. The molecule has 0 N–H and O–H groups in total. The first-order valence-electron chi connectivity index (χ1n) is 49.2. The molecule has 0 bridgehead atoms. The van der Waals surface area contributed by atoms with Gasteiger partial charge in [-0.15, -0.1) is 0 Å². The van der Waals surface area contributed by atoms with Crippen LogP contribution in [0.25, 0.3) is 350 Å². The number of nitrogens with zero attached hydrogens (tertiary/aromatic N) is 8. The Morgan fingerprint density at radius 1 is 0.127 bits per heavy atom. The van der Waals surface area contributed by atoms with Gasteiger partial charge in [0.1, 0.15) is 22.3 Å². The van der Waals surface area contributed by atoms with E-state index in [1.807, 2.05) is 12.1 Å². The topological polar surface area (TPSA) is 62.6 Å². The zero-order valence-corrected chi connectivity index (χ0v) is 75.7. The maximum Gasteiger partial charge on any atom is 0.135 e. The summed E-state index contributed by atoms with van der Waals surface area (Å²) in [5, 5.41) is 40.3. The van der Waals surface area contributed by atoms with Crippen LogP contribution in [0.3, 0.4) is 0 Å². The van der Waals surface area contributed by atoms with E-state index >= 15 is 0 Å². The molecule has 10 nitrogen and oxygen atoms in total. The molecule has 0 atom stereocenters. The first-order valence-corrected chi connectivity index (χ1v) is 49.2. The van der Waals surface area contributed by atoms with Gasteiger partial charge in [-0.3, -0.25) is 0 Å². The summed E-state index contributed by atoms with van der Waals surface area (Å²) in [7, 11) is 0. The number of hydrogen-bond donors (Lipinski definition) is 0. The molecule has 0 unspecified atom stereocenters. The first kappa shape index (κ1) is 72.3. The van der Waals surface area contributed by atoms with Gasteiger partial charge in [-0.05, 0) is 120 Å². The van der Waals surface area contributed by atoms with Crippen LogP contribution in [0.15, 0.2) is 421 Å². The highest BCUT2D eigenvalue weighted by Gasteiger charge is 2.36. The summed E-state index contributed by atoms with van der Waals surface area (Å²) in [6, 6.07) is 154. The number of hydrogen-bond acceptors (Lipinski definition) is 2. The highest BCUT2D eigenvalue weighted by atomic mass is 16.3. The van der Waals surface area contributed by atoms with Crippen LogP contribution in [0, 0.1) is 0 Å². The van der Waals surface area contributed by atoms with Crippen LogP contribution in [0.1, 0.15) is 0 Å². The molecule has 0 radical (unpaired) electrons. The number of furan rings is 2. The van der Waals surface area contributed by atoms with Crippen molar-refractivity contribution in [1.29, 1.82) is 0 Å². The summed E-state index contributed by atoms with van der Waals surface area (Å²) in [6.07, 6.45) is 0. The highest BCUT2D eigenvalue weighted by Crippen LogP contribution is 2.59. The van der Waals surface area contributed by atoms with Crippen molar-refractivity contribution in [3.63, 3.8) is 0 Å². The van der Waals surface area contributed by atoms with E-state index < -0.39 is 0 Å². The minimum Gasteiger partial charge on any atom is -0.456 e. The van der Waals surface area contributed by atoms with E-state index in [-0.39, 0.29) is 0 Å². The van der Waals surface area contributed by atoms with E-state index in [2.05, 4.69) is 436 Å². The van der Waals surface area contributed by atoms with Crippen LogP contribution in [-0.4, -0.2) is 35.5 Å². The van der Waals surface area contributed by atoms with Gasteiger partial charge in [0.2, 0.25) is 0 Å². The summed E-state index contributed by atoms with van der Waals surface area (Å²) in [5.41, 5.74) is 38.1. The van der Waals surface area contributed by atoms with Gasteiger partial charge in [-0.25, -0.2) is 0 Å². The van der Waals surface area contributed by atoms with Gasteiger partial charge < -0.3 is 44.4 Å². The van der Waals surface area contributed by atoms with Crippen LogP contribution in [-0.2, 0) is 0 Å². The predicted molar refractivity (Wildman–Crippen MR) is 595 cm³/mol. The first-order chi connectivity index (χ1) is 70.6. The molecular weight excluding hydrogens is 1730 g/mol. The molecule has 38 aromatic rings. The molecule has 0 amide bonds. The molecule has 10 heteroatoms. The van der Waals surface area contributed by atoms with Gasteiger partial charge in [0.15, 0.2) is 0 Å². The number of para-hydroxylation sites is 12. The van der Waals surface area contributed by atoms with Crippen LogP contribution in [0.4, 0.5) is 0 Å². The van der Waals surface area contributed by atoms with Crippen LogP contribution in [0.2, 0.25) is 0 Å². The van der Waals surface area contributed by atoms with Crippen LogP contribution >= 0.6 is 0 Å². The van der Waals surface area contributed by atoms with Gasteiger partial charge in [-0.1, -0.05) is 303 Å². The van der Waals surface area contributed by atoms with Gasteiger partial charge in [-0.2, -0.15) is 0 Å². The molecule has 38 rings (SSSR count). The number of rotatable bonds is 4. The van der Waals surface area contributed by atoms with E-state index in [0.29, 0.717) is 0 Å². The lowest BCUT2D eigenvalue weighted by Gasteiger charge is -2.16. The number of benzene rings is 22. The van der Waals surface area contributed by atoms with Gasteiger partial charge in [0.25, 0.3) is 0 Å². The molecule has 0 fully saturated rings. The third-order valence-corrected chi connectivity index (χ3v) is 33.4. The fourth-order valence-corrected chi connectivity index (χ4v) is 28.2. The zero-order valence-electron chi connectivity index (χ0n) is 75.7. The Hall–Kier alpha value is -19.2. The second-order valence-corrected chi connectivity index (χ2v) is 39.8. The van der Waals surface area contributed by atoms with Gasteiger partial charge in [0.05, 0.1) is 121 Å². The summed E-state index contributed by atoms with van der Waals surface area (Å²) in [4.78, 5) is 0. The fourth-order valence-electron chi connectivity index (χ4n) is 28.2. The Bertz CT molecular complexity index is 11900. The molecule has 142 heavy (non-hydrogen) atoms. The molecule has 16 heterocycles. The Balaban J connectivity index is 0.000000125. The Labute approximate surface area is 800 Å². The molecule has 0 saturated carbocycles. The normalized spacial score (nSPS) is 13.1. The predicted octanol–water partition coefficient (Wildman–Crippen LogP) is 35.6. The number of fused-ring (bicyclic) bond motifs is 52. The third kappa shape index (κ3) is 8.32. The minimum absolute atomic E-state index is 0.887. The zero-order chi connectivity index (χ0) is 91.1. The fraction of sp³-hybridized carbons (Fsp3) is 0. The second-order valence-electron chi connectivity index (χ2n) is 39.8. The van der Waals surface area contributed by atoms with E-state index in [4.69, 9.17) is 8.83 Å². The molecule has 0 aliphatic rings. The monoisotopic (exact) mass is 1800 g/mol. The average Bonchev–Trinajstić information content (AvgIpc) is 1.48. The van der Waals surface area contributed by atoms with E-state index in [1.165, 1.54) is 294 Å². The third-order valence-electron chi connectivity index (χ3n) is 33.4. The van der Waals surface area contributed by atoms with Crippen molar-refractivity contribution >= 4 is 316 Å². The van der Waals surface area contributed by atoms with Gasteiger partial charge in [0, 0.05) is 195 Å². The molecule has 0 aliphatic heterocycles. The lowest BCUT2D eigenvalue weighted by molar-refractivity contribution is 0.668. The minimum atomic E-state index is 0.887. The molecule has 22 aromatic carbocycles. The Morgan fingerprint density at radius 2 is 0.387 bits per heavy atom. The lowest BCUT2D eigenvalue weighted by atomic mass is 9.89. The Morgan fingerprint density at radius 3 is 0.782 bits per heavy atom. The van der Waals surface area contributed by atoms with Gasteiger partial charge >= 0.3 is 0 Å². The van der Waals surface area contributed by atoms with Crippen LogP contribution < -0.4 is 0 Å². The summed E-state index contributed by atoms with van der Waals surface area (Å²) in [6.45, 7) is 0. The second kappa shape index (κ2) is 25.0. The van der Waals surface area contributed by atoms with Crippen molar-refractivity contribution in [2.75, 3.05) is 0 Å². The van der Waals surface area contributed by atoms with Crippen molar-refractivity contribution in [3.05, 3.63) is 413 Å². The molecular formula is C132H68N8O2. The van der Waals surface area contributed by atoms with E-state index in [9.17, 15) is 0 Å². The van der Waals surface area contributed by atoms with E-state index in [1.54, 1.807) is 0 Å². The smallest absolute Gasteiger partial charge is 0.135 e. The van der Waals surface area contributed by atoms with Crippen molar-refractivity contribution in [1.82, 2.24) is 35.5 Å². The number of aromatic nitrogens is 8. The van der Waals surface area contributed by atoms with Crippen molar-refractivity contribution in [2.24, 2.45) is 0 Å². The molecule has 0 spiro atoms. The highest BCUT2D eigenvalue weighted by molar-refractivity contribution is 6.43. The largest absolute Gasteiger partial charge is 0.456 e. The van der Waals surface area contributed by atoms with Crippen molar-refractivity contribution in [2.45, 2.75) is 0 Å². The van der Waals surface area contributed by atoms with E-state index in [0.717, 1.165) is 55.3 Å². The van der Waals surface area contributed by atoms with Crippen molar-refractivity contribution < 1.29 is 8.83 Å². The molecule has 16 aromatic heterocycles. The standard InChI is InChI=1S/C78H42N4O2.C54H26N4/c1-3-17-43(18-4-1)67-71-55-27-15-25-53-70-62(38-36-52-48-22-8-12-30-60(48)80(76(52)70)46-34-40-66-58(42-46)50-24-10-14-32-64(50)84-66)82(73(53)55)78(71)68(44-19-5-2-6-20-44)72-56-28-16-26-54-69-61(81(74(54)56)77(67)72)37-35-51-47-21-7-11-29-59(47)79(75(51)69)45-33-39-65-57(41-45)49-23-9-13-31-63(49)83-65;1-3-19-41-27(9-1)29-11-5-13-31-35-21-23-43-47(53(35)57(41)49(29)31)37-17-7-15-33-39-26-46-40(25-45(39)55(43)51(33)37)34-16-8-18-38-48-44(56(46)52(34)38)24-22-36-32-14-6-12-30-28-10-2-4-20-42(28)58(50(30)32)54(36)48/h1-42H;1-26H. The molecule has 648 valence electrons. The van der Waals surface area contributed by atoms with Crippen LogP contribution in [0.5, 0.6) is 0 Å². The maximum absolute atomic E-state index is 6.41. The molecule has 0 saturated heterocycles. The summed E-state index contributed by atoms with van der Waals surface area (Å²) >= 11 is 0. The summed E-state index contributed by atoms with van der Waals surface area (Å²) in [5.74, 6) is 0.